The Labute approximate surface area is 90.6 Å². The highest BCUT2D eigenvalue weighted by molar-refractivity contribution is 4.99. The quantitative estimate of drug-likeness (QED) is 0.688. The highest BCUT2D eigenvalue weighted by Crippen LogP contribution is 2.11. The monoisotopic (exact) mass is 212 g/mol. The van der Waals surface area contributed by atoms with Gasteiger partial charge in [-0.1, -0.05) is 18.6 Å². The molecule has 0 radical (unpaired) electrons. The van der Waals surface area contributed by atoms with Crippen LogP contribution in [0.1, 0.15) is 38.4 Å². The van der Waals surface area contributed by atoms with Gasteiger partial charge in [-0.2, -0.15) is 0 Å². The van der Waals surface area contributed by atoms with Crippen LogP contribution in [0, 0.1) is 0 Å². The van der Waals surface area contributed by atoms with Crippen molar-refractivity contribution in [1.29, 1.82) is 0 Å². The first-order valence-corrected chi connectivity index (χ1v) is 5.51. The molecule has 0 amide bonds. The van der Waals surface area contributed by atoms with Gasteiger partial charge in [-0.05, 0) is 13.3 Å². The van der Waals surface area contributed by atoms with E-state index in [4.69, 9.17) is 10.5 Å². The first-order valence-electron chi connectivity index (χ1n) is 5.51. The summed E-state index contributed by atoms with van der Waals surface area (Å²) in [6, 6.07) is 0.0100. The van der Waals surface area contributed by atoms with Crippen LogP contribution < -0.4 is 5.73 Å². The second-order valence-corrected chi connectivity index (χ2v) is 3.50. The Morgan fingerprint density at radius 3 is 3.00 bits per heavy atom. The lowest BCUT2D eigenvalue weighted by molar-refractivity contribution is 0.136. The second-order valence-electron chi connectivity index (χ2n) is 3.50. The largest absolute Gasteiger partial charge is 0.380 e. The van der Waals surface area contributed by atoms with Crippen LogP contribution in [0.2, 0.25) is 0 Å². The fourth-order valence-electron chi connectivity index (χ4n) is 1.35. The fraction of sp³-hybridized carbons (Fsp3) is 0.800. The molecule has 1 heterocycles. The fourth-order valence-corrected chi connectivity index (χ4v) is 1.35. The minimum atomic E-state index is 0.0100. The summed E-state index contributed by atoms with van der Waals surface area (Å²) in [5, 5.41) is 8.04. The van der Waals surface area contributed by atoms with E-state index in [1.54, 1.807) is 4.68 Å². The van der Waals surface area contributed by atoms with E-state index in [9.17, 15) is 0 Å². The normalized spacial score (nSPS) is 13.0. The third-order valence-electron chi connectivity index (χ3n) is 2.20. The van der Waals surface area contributed by atoms with Crippen LogP contribution >= 0.6 is 0 Å². The standard InChI is InChI=1S/C10H20N4O/c1-3-5-9(11)10-8-14(13-12-10)6-7-15-4-2/h8-9H,3-7,11H2,1-2H3. The summed E-state index contributed by atoms with van der Waals surface area (Å²) >= 11 is 0. The van der Waals surface area contributed by atoms with Crippen LogP contribution in [-0.4, -0.2) is 28.2 Å². The third-order valence-corrected chi connectivity index (χ3v) is 2.20. The summed E-state index contributed by atoms with van der Waals surface area (Å²) in [6.45, 7) is 6.22. The molecule has 5 heteroatoms. The van der Waals surface area contributed by atoms with Gasteiger partial charge in [0.15, 0.2) is 0 Å². The van der Waals surface area contributed by atoms with E-state index in [0.717, 1.165) is 31.7 Å². The van der Waals surface area contributed by atoms with Crippen LogP contribution in [0.15, 0.2) is 6.20 Å². The zero-order valence-corrected chi connectivity index (χ0v) is 9.52. The summed E-state index contributed by atoms with van der Waals surface area (Å²) in [5.41, 5.74) is 6.80. The van der Waals surface area contributed by atoms with Gasteiger partial charge in [0, 0.05) is 6.61 Å². The molecule has 1 aromatic heterocycles. The van der Waals surface area contributed by atoms with Crippen LogP contribution in [0.5, 0.6) is 0 Å². The van der Waals surface area contributed by atoms with E-state index in [0.29, 0.717) is 6.61 Å². The molecule has 1 unspecified atom stereocenters. The van der Waals surface area contributed by atoms with Gasteiger partial charge in [-0.25, -0.2) is 4.68 Å². The number of hydrogen-bond acceptors (Lipinski definition) is 4. The molecule has 1 atom stereocenters. The number of nitrogens with two attached hydrogens (primary N) is 1. The van der Waals surface area contributed by atoms with Crippen molar-refractivity contribution in [3.05, 3.63) is 11.9 Å². The van der Waals surface area contributed by atoms with E-state index in [1.807, 2.05) is 13.1 Å². The second kappa shape index (κ2) is 6.53. The summed E-state index contributed by atoms with van der Waals surface area (Å²) in [6.07, 6.45) is 3.91. The molecular formula is C10H20N4O. The highest BCUT2D eigenvalue weighted by Gasteiger charge is 2.08. The van der Waals surface area contributed by atoms with Crippen LogP contribution in [-0.2, 0) is 11.3 Å². The van der Waals surface area contributed by atoms with Gasteiger partial charge < -0.3 is 10.5 Å². The SMILES string of the molecule is CCCC(N)c1cn(CCOCC)nn1. The Bertz CT molecular complexity index is 274. The molecular weight excluding hydrogens is 192 g/mol. The minimum Gasteiger partial charge on any atom is -0.380 e. The smallest absolute Gasteiger partial charge is 0.0994 e. The van der Waals surface area contributed by atoms with Crippen molar-refractivity contribution >= 4 is 0 Å². The summed E-state index contributed by atoms with van der Waals surface area (Å²) in [7, 11) is 0. The van der Waals surface area contributed by atoms with Gasteiger partial charge in [0.1, 0.15) is 0 Å². The molecule has 2 N–H and O–H groups in total. The number of ether oxygens (including phenoxy) is 1. The molecule has 0 saturated carbocycles. The number of aromatic nitrogens is 3. The third kappa shape index (κ3) is 3.97. The highest BCUT2D eigenvalue weighted by atomic mass is 16.5. The number of nitrogens with zero attached hydrogens (tertiary/aromatic N) is 3. The molecule has 0 saturated heterocycles. The maximum Gasteiger partial charge on any atom is 0.0994 e. The lowest BCUT2D eigenvalue weighted by Gasteiger charge is -2.04. The topological polar surface area (TPSA) is 66.0 Å². The molecule has 0 spiro atoms. The Hall–Kier alpha value is -0.940. The van der Waals surface area contributed by atoms with Gasteiger partial charge in [-0.3, -0.25) is 0 Å². The van der Waals surface area contributed by atoms with Gasteiger partial charge in [0.05, 0.1) is 31.1 Å². The van der Waals surface area contributed by atoms with Crippen molar-refractivity contribution in [2.45, 2.75) is 39.3 Å². The first kappa shape index (κ1) is 12.1. The van der Waals surface area contributed by atoms with E-state index in [2.05, 4.69) is 17.2 Å². The molecule has 0 aliphatic rings. The van der Waals surface area contributed by atoms with Gasteiger partial charge in [0.2, 0.25) is 0 Å². The number of hydrogen-bond donors (Lipinski definition) is 1. The average molecular weight is 212 g/mol. The van der Waals surface area contributed by atoms with E-state index in [-0.39, 0.29) is 6.04 Å². The zero-order valence-electron chi connectivity index (χ0n) is 9.52. The molecule has 5 nitrogen and oxygen atoms in total. The van der Waals surface area contributed by atoms with Crippen molar-refractivity contribution in [3.63, 3.8) is 0 Å². The Morgan fingerprint density at radius 2 is 2.33 bits per heavy atom. The van der Waals surface area contributed by atoms with E-state index < -0.39 is 0 Å². The first-order chi connectivity index (χ1) is 7.27. The van der Waals surface area contributed by atoms with Crippen molar-refractivity contribution in [3.8, 4) is 0 Å². The molecule has 1 aromatic rings. The van der Waals surface area contributed by atoms with Gasteiger partial charge in [-0.15, -0.1) is 5.10 Å². The molecule has 0 bridgehead atoms. The van der Waals surface area contributed by atoms with Crippen molar-refractivity contribution in [1.82, 2.24) is 15.0 Å². The Morgan fingerprint density at radius 1 is 1.53 bits per heavy atom. The predicted molar refractivity (Wildman–Crippen MR) is 58.4 cm³/mol. The maximum atomic E-state index is 5.93. The average Bonchev–Trinajstić information content (AvgIpc) is 2.67. The van der Waals surface area contributed by atoms with Gasteiger partial charge in [0.25, 0.3) is 0 Å². The van der Waals surface area contributed by atoms with Crippen molar-refractivity contribution < 1.29 is 4.74 Å². The van der Waals surface area contributed by atoms with Crippen molar-refractivity contribution in [2.75, 3.05) is 13.2 Å². The van der Waals surface area contributed by atoms with Crippen LogP contribution in [0.25, 0.3) is 0 Å². The predicted octanol–water partition coefficient (Wildman–Crippen LogP) is 1.11. The van der Waals surface area contributed by atoms with Crippen LogP contribution in [0.3, 0.4) is 0 Å². The Kier molecular flexibility index (Phi) is 5.28. The maximum absolute atomic E-state index is 5.93. The molecule has 1 rings (SSSR count). The lowest BCUT2D eigenvalue weighted by atomic mass is 10.1. The van der Waals surface area contributed by atoms with E-state index in [1.165, 1.54) is 0 Å². The molecule has 0 aromatic carbocycles. The summed E-state index contributed by atoms with van der Waals surface area (Å²) < 4.78 is 7.01. The number of rotatable bonds is 7. The summed E-state index contributed by atoms with van der Waals surface area (Å²) in [5.74, 6) is 0. The van der Waals surface area contributed by atoms with Crippen molar-refractivity contribution in [2.24, 2.45) is 5.73 Å². The minimum absolute atomic E-state index is 0.0100. The Balaban J connectivity index is 2.41. The van der Waals surface area contributed by atoms with Crippen LogP contribution in [0.4, 0.5) is 0 Å². The van der Waals surface area contributed by atoms with E-state index >= 15 is 0 Å². The molecule has 86 valence electrons. The zero-order chi connectivity index (χ0) is 11.1. The molecule has 15 heavy (non-hydrogen) atoms. The van der Waals surface area contributed by atoms with Gasteiger partial charge >= 0.3 is 0 Å². The lowest BCUT2D eigenvalue weighted by Crippen LogP contribution is -2.10. The summed E-state index contributed by atoms with van der Waals surface area (Å²) in [4.78, 5) is 0. The molecule has 0 fully saturated rings. The molecule has 0 aliphatic carbocycles. The molecule has 0 aliphatic heterocycles.